The molecular weight excluding hydrogens is 315 g/mol. The molecule has 3 rings (SSSR count). The summed E-state index contributed by atoms with van der Waals surface area (Å²) in [5.41, 5.74) is 2.74. The second kappa shape index (κ2) is 6.49. The first kappa shape index (κ1) is 18.6. The number of hydrogen-bond donors (Lipinski definition) is 0. The standard InChI is InChI=1S/C19H31BN2O3/c1-14-12-15(20-24-18(2,3)19(4,5)25-20)13-16(23-7)17(14)22-10-8-21(6)9-11-22/h12-13H,8-11H2,1-7H3. The summed E-state index contributed by atoms with van der Waals surface area (Å²) in [4.78, 5) is 4.78. The number of hydrogen-bond acceptors (Lipinski definition) is 5. The van der Waals surface area contributed by atoms with Gasteiger partial charge in [-0.05, 0) is 58.8 Å². The van der Waals surface area contributed by atoms with E-state index in [1.54, 1.807) is 7.11 Å². The highest BCUT2D eigenvalue weighted by atomic mass is 16.7. The maximum absolute atomic E-state index is 6.21. The van der Waals surface area contributed by atoms with E-state index < -0.39 is 0 Å². The molecule has 0 saturated carbocycles. The Morgan fingerprint density at radius 3 is 2.08 bits per heavy atom. The van der Waals surface area contributed by atoms with Crippen molar-refractivity contribution in [1.82, 2.24) is 4.90 Å². The molecule has 1 aromatic carbocycles. The molecule has 0 bridgehead atoms. The summed E-state index contributed by atoms with van der Waals surface area (Å²) in [7, 11) is 3.55. The van der Waals surface area contributed by atoms with E-state index in [2.05, 4.69) is 63.6 Å². The molecule has 0 spiro atoms. The van der Waals surface area contributed by atoms with Gasteiger partial charge in [-0.25, -0.2) is 0 Å². The molecule has 2 saturated heterocycles. The second-order valence-corrected chi connectivity index (χ2v) is 8.27. The van der Waals surface area contributed by atoms with Crippen LogP contribution >= 0.6 is 0 Å². The highest BCUT2D eigenvalue weighted by molar-refractivity contribution is 6.62. The average molecular weight is 346 g/mol. The van der Waals surface area contributed by atoms with Crippen LogP contribution in [0.25, 0.3) is 0 Å². The van der Waals surface area contributed by atoms with Gasteiger partial charge in [0.05, 0.1) is 24.0 Å². The van der Waals surface area contributed by atoms with Crippen molar-refractivity contribution in [1.29, 1.82) is 0 Å². The van der Waals surface area contributed by atoms with Crippen molar-refractivity contribution in [3.63, 3.8) is 0 Å². The molecule has 1 aromatic rings. The summed E-state index contributed by atoms with van der Waals surface area (Å²) in [6.45, 7) is 14.6. The van der Waals surface area contributed by atoms with Gasteiger partial charge in [0, 0.05) is 26.2 Å². The van der Waals surface area contributed by atoms with Crippen LogP contribution in [0.2, 0.25) is 0 Å². The first-order valence-corrected chi connectivity index (χ1v) is 9.12. The van der Waals surface area contributed by atoms with Gasteiger partial charge in [-0.1, -0.05) is 6.07 Å². The first-order valence-electron chi connectivity index (χ1n) is 9.12. The van der Waals surface area contributed by atoms with Gasteiger partial charge in [0.25, 0.3) is 0 Å². The van der Waals surface area contributed by atoms with E-state index >= 15 is 0 Å². The summed E-state index contributed by atoms with van der Waals surface area (Å²) in [5, 5.41) is 0. The van der Waals surface area contributed by atoms with Crippen LogP contribution in [0, 0.1) is 6.92 Å². The van der Waals surface area contributed by atoms with Crippen LogP contribution in [0.1, 0.15) is 33.3 Å². The van der Waals surface area contributed by atoms with E-state index in [-0.39, 0.29) is 18.3 Å². The number of methoxy groups -OCH3 is 1. The van der Waals surface area contributed by atoms with Crippen molar-refractivity contribution in [3.05, 3.63) is 17.7 Å². The quantitative estimate of drug-likeness (QED) is 0.783. The predicted molar refractivity (Wildman–Crippen MR) is 103 cm³/mol. The average Bonchev–Trinajstić information content (AvgIpc) is 2.76. The number of rotatable bonds is 3. The van der Waals surface area contributed by atoms with E-state index in [0.29, 0.717) is 0 Å². The molecule has 0 unspecified atom stereocenters. The third-order valence-electron chi connectivity index (χ3n) is 5.85. The summed E-state index contributed by atoms with van der Waals surface area (Å²) in [6, 6.07) is 4.25. The van der Waals surface area contributed by atoms with Crippen LogP contribution in [0.15, 0.2) is 12.1 Å². The van der Waals surface area contributed by atoms with Crippen LogP contribution in [-0.2, 0) is 9.31 Å². The summed E-state index contributed by atoms with van der Waals surface area (Å²) in [6.07, 6.45) is 0. The fourth-order valence-electron chi connectivity index (χ4n) is 3.48. The fourth-order valence-corrected chi connectivity index (χ4v) is 3.48. The summed E-state index contributed by atoms with van der Waals surface area (Å²) < 4.78 is 18.2. The lowest BCUT2D eigenvalue weighted by molar-refractivity contribution is 0.00578. The van der Waals surface area contributed by atoms with E-state index in [0.717, 1.165) is 37.4 Å². The molecule has 2 aliphatic rings. The minimum absolute atomic E-state index is 0.338. The number of piperazine rings is 1. The van der Waals surface area contributed by atoms with Crippen molar-refractivity contribution >= 4 is 18.3 Å². The highest BCUT2D eigenvalue weighted by Crippen LogP contribution is 2.38. The minimum atomic E-state index is -0.362. The van der Waals surface area contributed by atoms with Crippen LogP contribution in [0.4, 0.5) is 5.69 Å². The Kier molecular flexibility index (Phi) is 4.82. The van der Waals surface area contributed by atoms with Gasteiger partial charge in [0.15, 0.2) is 0 Å². The molecule has 5 nitrogen and oxygen atoms in total. The number of likely N-dealkylation sites (N-methyl/N-ethyl adjacent to an activating group) is 1. The molecule has 0 aromatic heterocycles. The Balaban J connectivity index is 1.90. The number of nitrogens with zero attached hydrogens (tertiary/aromatic N) is 2. The molecule has 2 heterocycles. The molecule has 138 valence electrons. The molecular formula is C19H31BN2O3. The van der Waals surface area contributed by atoms with E-state index in [4.69, 9.17) is 14.0 Å². The SMILES string of the molecule is COc1cc(B2OC(C)(C)C(C)(C)O2)cc(C)c1N1CCN(C)CC1. The first-order chi connectivity index (χ1) is 11.6. The van der Waals surface area contributed by atoms with Crippen molar-refractivity contribution in [3.8, 4) is 5.75 Å². The molecule has 25 heavy (non-hydrogen) atoms. The largest absolute Gasteiger partial charge is 0.495 e. The zero-order valence-corrected chi connectivity index (χ0v) is 16.7. The fraction of sp³-hybridized carbons (Fsp3) is 0.684. The zero-order chi connectivity index (χ0) is 18.4. The monoisotopic (exact) mass is 346 g/mol. The van der Waals surface area contributed by atoms with Crippen molar-refractivity contribution in [2.75, 3.05) is 45.2 Å². The highest BCUT2D eigenvalue weighted by Gasteiger charge is 2.51. The van der Waals surface area contributed by atoms with Crippen molar-refractivity contribution in [2.24, 2.45) is 0 Å². The molecule has 0 amide bonds. The molecule has 0 radical (unpaired) electrons. The molecule has 0 aliphatic carbocycles. The predicted octanol–water partition coefficient (Wildman–Crippen LogP) is 2.05. The van der Waals surface area contributed by atoms with Gasteiger partial charge in [-0.3, -0.25) is 0 Å². The van der Waals surface area contributed by atoms with E-state index in [9.17, 15) is 0 Å². The van der Waals surface area contributed by atoms with Crippen molar-refractivity contribution < 1.29 is 14.0 Å². The lowest BCUT2D eigenvalue weighted by Gasteiger charge is -2.35. The van der Waals surface area contributed by atoms with Gasteiger partial charge < -0.3 is 23.8 Å². The lowest BCUT2D eigenvalue weighted by atomic mass is 9.78. The second-order valence-electron chi connectivity index (χ2n) is 8.27. The van der Waals surface area contributed by atoms with Gasteiger partial charge in [-0.2, -0.15) is 0 Å². The van der Waals surface area contributed by atoms with E-state index in [1.807, 2.05) is 0 Å². The maximum atomic E-state index is 6.21. The third kappa shape index (κ3) is 3.40. The Morgan fingerprint density at radius 1 is 1.00 bits per heavy atom. The van der Waals surface area contributed by atoms with Gasteiger partial charge in [0.1, 0.15) is 5.75 Å². The molecule has 0 N–H and O–H groups in total. The molecule has 0 atom stereocenters. The Hall–Kier alpha value is -1.24. The molecule has 6 heteroatoms. The summed E-state index contributed by atoms with van der Waals surface area (Å²) in [5.74, 6) is 0.897. The minimum Gasteiger partial charge on any atom is -0.495 e. The van der Waals surface area contributed by atoms with Crippen LogP contribution < -0.4 is 15.1 Å². The van der Waals surface area contributed by atoms with Crippen LogP contribution in [-0.4, -0.2) is 63.6 Å². The number of aryl methyl sites for hydroxylation is 1. The normalized spacial score (nSPS) is 23.2. The number of ether oxygens (including phenoxy) is 1. The van der Waals surface area contributed by atoms with Gasteiger partial charge in [0.2, 0.25) is 0 Å². The van der Waals surface area contributed by atoms with Crippen LogP contribution in [0.3, 0.4) is 0 Å². The zero-order valence-electron chi connectivity index (χ0n) is 16.7. The van der Waals surface area contributed by atoms with Crippen molar-refractivity contribution in [2.45, 2.75) is 45.8 Å². The third-order valence-corrected chi connectivity index (χ3v) is 5.85. The maximum Gasteiger partial charge on any atom is 0.494 e. The topological polar surface area (TPSA) is 34.2 Å². The lowest BCUT2D eigenvalue weighted by Crippen LogP contribution is -2.45. The van der Waals surface area contributed by atoms with E-state index in [1.165, 1.54) is 11.3 Å². The van der Waals surface area contributed by atoms with Gasteiger partial charge >= 0.3 is 7.12 Å². The van der Waals surface area contributed by atoms with Crippen LogP contribution in [0.5, 0.6) is 5.75 Å². The Bertz CT molecular complexity index is 624. The smallest absolute Gasteiger partial charge is 0.494 e. The summed E-state index contributed by atoms with van der Waals surface area (Å²) >= 11 is 0. The molecule has 2 aliphatic heterocycles. The Morgan fingerprint density at radius 2 is 1.56 bits per heavy atom. The Labute approximate surface area is 152 Å². The van der Waals surface area contributed by atoms with Gasteiger partial charge in [-0.15, -0.1) is 0 Å². The number of benzene rings is 1. The molecule has 2 fully saturated rings. The number of anilines is 1.